The quantitative estimate of drug-likeness (QED) is 0.833. The molecule has 28 heavy (non-hydrogen) atoms. The first-order valence-corrected chi connectivity index (χ1v) is 9.60. The van der Waals surface area contributed by atoms with Gasteiger partial charge in [0.1, 0.15) is 6.04 Å². The number of amides is 2. The van der Waals surface area contributed by atoms with Gasteiger partial charge in [-0.25, -0.2) is 0 Å². The summed E-state index contributed by atoms with van der Waals surface area (Å²) < 4.78 is 0. The molecule has 0 aromatic heterocycles. The van der Waals surface area contributed by atoms with Gasteiger partial charge < -0.3 is 15.5 Å². The summed E-state index contributed by atoms with van der Waals surface area (Å²) in [5.74, 6) is -0.0611. The van der Waals surface area contributed by atoms with Gasteiger partial charge in [-0.15, -0.1) is 12.4 Å². The van der Waals surface area contributed by atoms with E-state index in [4.69, 9.17) is 0 Å². The number of nitrogens with zero attached hydrogens (tertiary/aromatic N) is 1. The molecule has 2 aliphatic rings. The molecule has 0 saturated carbocycles. The third kappa shape index (κ3) is 4.21. The summed E-state index contributed by atoms with van der Waals surface area (Å²) in [4.78, 5) is 27.7. The Balaban J connectivity index is 0.00000225. The fourth-order valence-corrected chi connectivity index (χ4v) is 4.08. The van der Waals surface area contributed by atoms with Crippen molar-refractivity contribution in [1.29, 1.82) is 0 Å². The number of fused-ring (bicyclic) bond motifs is 1. The van der Waals surface area contributed by atoms with Crippen LogP contribution >= 0.6 is 12.4 Å². The van der Waals surface area contributed by atoms with Gasteiger partial charge in [0.2, 0.25) is 11.8 Å². The van der Waals surface area contributed by atoms with Crippen molar-refractivity contribution in [3.05, 3.63) is 65.2 Å². The second-order valence-corrected chi connectivity index (χ2v) is 7.45. The van der Waals surface area contributed by atoms with Crippen LogP contribution in [0.1, 0.15) is 29.5 Å². The lowest BCUT2D eigenvalue weighted by molar-refractivity contribution is -0.138. The Bertz CT molecular complexity index is 870. The second kappa shape index (κ2) is 8.76. The first kappa shape index (κ1) is 20.4. The number of benzene rings is 2. The molecule has 0 radical (unpaired) electrons. The van der Waals surface area contributed by atoms with Crippen LogP contribution in [0.5, 0.6) is 0 Å². The molecule has 0 aliphatic carbocycles. The molecule has 2 heterocycles. The van der Waals surface area contributed by atoms with Gasteiger partial charge in [0.25, 0.3) is 0 Å². The lowest BCUT2D eigenvalue weighted by Crippen LogP contribution is -2.53. The Morgan fingerprint density at radius 2 is 1.89 bits per heavy atom. The summed E-state index contributed by atoms with van der Waals surface area (Å²) in [5.41, 5.74) is 4.34. The van der Waals surface area contributed by atoms with Gasteiger partial charge in [-0.3, -0.25) is 9.59 Å². The van der Waals surface area contributed by atoms with E-state index < -0.39 is 6.04 Å². The zero-order valence-corrected chi connectivity index (χ0v) is 16.8. The molecule has 148 valence electrons. The maximum absolute atomic E-state index is 13.1. The Hall–Kier alpha value is -2.37. The summed E-state index contributed by atoms with van der Waals surface area (Å²) in [6.07, 6.45) is 2.26. The second-order valence-electron chi connectivity index (χ2n) is 7.45. The number of carbonyl (C=O) groups excluding carboxylic acids is 2. The Morgan fingerprint density at radius 1 is 1.11 bits per heavy atom. The maximum atomic E-state index is 13.1. The Kier molecular flexibility index (Phi) is 6.37. The van der Waals surface area contributed by atoms with Crippen molar-refractivity contribution >= 4 is 29.9 Å². The van der Waals surface area contributed by atoms with Crippen LogP contribution < -0.4 is 10.6 Å². The van der Waals surface area contributed by atoms with Crippen molar-refractivity contribution < 1.29 is 9.59 Å². The molecule has 2 atom stereocenters. The number of carbonyl (C=O) groups is 2. The first-order valence-electron chi connectivity index (χ1n) is 9.60. The van der Waals surface area contributed by atoms with E-state index in [1.54, 1.807) is 4.90 Å². The van der Waals surface area contributed by atoms with Crippen molar-refractivity contribution in [2.24, 2.45) is 0 Å². The number of aryl methyl sites for hydroxylation is 1. The summed E-state index contributed by atoms with van der Waals surface area (Å²) in [5, 5.41) is 6.32. The molecule has 2 aromatic rings. The monoisotopic (exact) mass is 399 g/mol. The SMILES string of the molecule is Cc1cccc(NC(=O)C2CCCN2C(=O)C2Cc3ccccc3CN2)c1.Cl. The smallest absolute Gasteiger partial charge is 0.247 e. The zero-order valence-electron chi connectivity index (χ0n) is 16.0. The van der Waals surface area contributed by atoms with E-state index in [1.807, 2.05) is 43.3 Å². The first-order chi connectivity index (χ1) is 13.1. The fraction of sp³-hybridized carbons (Fsp3) is 0.364. The fourth-order valence-electron chi connectivity index (χ4n) is 4.08. The van der Waals surface area contributed by atoms with Crippen LogP contribution in [-0.2, 0) is 22.6 Å². The van der Waals surface area contributed by atoms with Gasteiger partial charge in [0.15, 0.2) is 0 Å². The van der Waals surface area contributed by atoms with E-state index >= 15 is 0 Å². The molecular formula is C22H26ClN3O2. The molecule has 4 rings (SSSR count). The largest absolute Gasteiger partial charge is 0.329 e. The standard InChI is InChI=1S/C22H25N3O2.ClH/c1-15-6-4-9-18(12-15)24-21(26)20-10-5-11-25(20)22(27)19-13-16-7-2-3-8-17(16)14-23-19;/h2-4,6-9,12,19-20,23H,5,10-11,13-14H2,1H3,(H,24,26);1H. The Morgan fingerprint density at radius 3 is 2.68 bits per heavy atom. The van der Waals surface area contributed by atoms with E-state index in [9.17, 15) is 9.59 Å². The average molecular weight is 400 g/mol. The van der Waals surface area contributed by atoms with Crippen LogP contribution in [0.4, 0.5) is 5.69 Å². The zero-order chi connectivity index (χ0) is 18.8. The maximum Gasteiger partial charge on any atom is 0.247 e. The highest BCUT2D eigenvalue weighted by Gasteiger charge is 2.38. The molecule has 0 bridgehead atoms. The molecule has 2 aromatic carbocycles. The highest BCUT2D eigenvalue weighted by molar-refractivity contribution is 5.98. The molecule has 2 aliphatic heterocycles. The summed E-state index contributed by atoms with van der Waals surface area (Å²) in [6, 6.07) is 15.3. The summed E-state index contributed by atoms with van der Waals surface area (Å²) in [7, 11) is 0. The minimum Gasteiger partial charge on any atom is -0.329 e. The minimum absolute atomic E-state index is 0. The topological polar surface area (TPSA) is 61.4 Å². The van der Waals surface area contributed by atoms with Crippen molar-refractivity contribution in [3.63, 3.8) is 0 Å². The van der Waals surface area contributed by atoms with E-state index in [1.165, 1.54) is 11.1 Å². The van der Waals surface area contributed by atoms with Crippen molar-refractivity contribution in [3.8, 4) is 0 Å². The van der Waals surface area contributed by atoms with Crippen LogP contribution in [0.15, 0.2) is 48.5 Å². The van der Waals surface area contributed by atoms with Crippen molar-refractivity contribution in [1.82, 2.24) is 10.2 Å². The average Bonchev–Trinajstić information content (AvgIpc) is 3.17. The van der Waals surface area contributed by atoms with Crippen molar-refractivity contribution in [2.75, 3.05) is 11.9 Å². The predicted octanol–water partition coefficient (Wildman–Crippen LogP) is 3.06. The van der Waals surface area contributed by atoms with Gasteiger partial charge >= 0.3 is 0 Å². The third-order valence-electron chi connectivity index (χ3n) is 5.50. The number of halogens is 1. The molecule has 1 fully saturated rings. The number of anilines is 1. The van der Waals surface area contributed by atoms with E-state index in [0.717, 1.165) is 17.7 Å². The van der Waals surface area contributed by atoms with Gasteiger partial charge in [-0.1, -0.05) is 36.4 Å². The number of rotatable bonds is 3. The van der Waals surface area contributed by atoms with Gasteiger partial charge in [0, 0.05) is 18.8 Å². The number of likely N-dealkylation sites (tertiary alicyclic amines) is 1. The van der Waals surface area contributed by atoms with E-state index in [0.29, 0.717) is 25.9 Å². The van der Waals surface area contributed by atoms with E-state index in [2.05, 4.69) is 22.8 Å². The van der Waals surface area contributed by atoms with Crippen LogP contribution in [0, 0.1) is 6.92 Å². The highest BCUT2D eigenvalue weighted by Crippen LogP contribution is 2.23. The van der Waals surface area contributed by atoms with Gasteiger partial charge in [-0.2, -0.15) is 0 Å². The predicted molar refractivity (Wildman–Crippen MR) is 113 cm³/mol. The van der Waals surface area contributed by atoms with Crippen LogP contribution in [-0.4, -0.2) is 35.3 Å². The minimum atomic E-state index is -0.392. The molecule has 0 spiro atoms. The molecule has 5 nitrogen and oxygen atoms in total. The van der Waals surface area contributed by atoms with Crippen LogP contribution in [0.25, 0.3) is 0 Å². The third-order valence-corrected chi connectivity index (χ3v) is 5.50. The normalized spacial score (nSPS) is 20.8. The summed E-state index contributed by atoms with van der Waals surface area (Å²) >= 11 is 0. The molecule has 1 saturated heterocycles. The summed E-state index contributed by atoms with van der Waals surface area (Å²) in [6.45, 7) is 3.33. The highest BCUT2D eigenvalue weighted by atomic mass is 35.5. The Labute approximate surface area is 171 Å². The number of hydrogen-bond acceptors (Lipinski definition) is 3. The van der Waals surface area contributed by atoms with Gasteiger partial charge in [-0.05, 0) is 55.0 Å². The molecule has 6 heteroatoms. The lowest BCUT2D eigenvalue weighted by atomic mass is 9.95. The molecule has 2 amide bonds. The van der Waals surface area contributed by atoms with Gasteiger partial charge in [0.05, 0.1) is 6.04 Å². The molecule has 2 N–H and O–H groups in total. The van der Waals surface area contributed by atoms with Crippen LogP contribution in [0.3, 0.4) is 0 Å². The lowest BCUT2D eigenvalue weighted by Gasteiger charge is -2.31. The number of nitrogens with one attached hydrogen (secondary N) is 2. The molecular weight excluding hydrogens is 374 g/mol. The van der Waals surface area contributed by atoms with Crippen LogP contribution in [0.2, 0.25) is 0 Å². The van der Waals surface area contributed by atoms with Crippen molar-refractivity contribution in [2.45, 2.75) is 44.8 Å². The van der Waals surface area contributed by atoms with E-state index in [-0.39, 0.29) is 30.3 Å². The number of hydrogen-bond donors (Lipinski definition) is 2. The molecule has 2 unspecified atom stereocenters.